The molecule has 4 heteroatoms. The van der Waals surface area contributed by atoms with Gasteiger partial charge in [0.25, 0.3) is 0 Å². The lowest BCUT2D eigenvalue weighted by atomic mass is 10.2. The van der Waals surface area contributed by atoms with Gasteiger partial charge in [0.2, 0.25) is 5.88 Å². The van der Waals surface area contributed by atoms with Crippen molar-refractivity contribution in [2.45, 2.75) is 26.4 Å². The number of halogens is 1. The van der Waals surface area contributed by atoms with Gasteiger partial charge in [0.05, 0.1) is 22.6 Å². The van der Waals surface area contributed by atoms with E-state index in [0.29, 0.717) is 10.9 Å². The van der Waals surface area contributed by atoms with Crippen molar-refractivity contribution in [3.63, 3.8) is 0 Å². The van der Waals surface area contributed by atoms with Crippen molar-refractivity contribution in [3.8, 4) is 5.88 Å². The van der Waals surface area contributed by atoms with Gasteiger partial charge < -0.3 is 10.1 Å². The lowest BCUT2D eigenvalue weighted by Gasteiger charge is -2.20. The Morgan fingerprint density at radius 1 is 1.11 bits per heavy atom. The number of pyridine rings is 1. The van der Waals surface area contributed by atoms with Crippen LogP contribution in [0.1, 0.15) is 20.8 Å². The van der Waals surface area contributed by atoms with Crippen LogP contribution in [0.2, 0.25) is 5.02 Å². The van der Waals surface area contributed by atoms with Crippen molar-refractivity contribution in [1.82, 2.24) is 4.98 Å². The number of benzene rings is 1. The number of nitrogens with one attached hydrogen (secondary N) is 1. The molecule has 3 nitrogen and oxygen atoms in total. The van der Waals surface area contributed by atoms with E-state index in [4.69, 9.17) is 16.3 Å². The monoisotopic (exact) mass is 276 g/mol. The predicted molar refractivity (Wildman–Crippen MR) is 79.4 cm³/mol. The van der Waals surface area contributed by atoms with Crippen LogP contribution in [-0.4, -0.2) is 10.6 Å². The highest BCUT2D eigenvalue weighted by Crippen LogP contribution is 2.25. The van der Waals surface area contributed by atoms with E-state index in [9.17, 15) is 0 Å². The lowest BCUT2D eigenvalue weighted by molar-refractivity contribution is 0.124. The first kappa shape index (κ1) is 13.7. The molecule has 0 atom stereocenters. The second kappa shape index (κ2) is 5.49. The fourth-order valence-corrected chi connectivity index (χ4v) is 1.73. The molecule has 0 aliphatic carbocycles. The Morgan fingerprint density at radius 2 is 1.84 bits per heavy atom. The highest BCUT2D eigenvalue weighted by Gasteiger charge is 2.12. The zero-order valence-electron chi connectivity index (χ0n) is 11.3. The number of anilines is 2. The van der Waals surface area contributed by atoms with Gasteiger partial charge in [-0.2, -0.15) is 0 Å². The van der Waals surface area contributed by atoms with Gasteiger partial charge in [-0.1, -0.05) is 23.7 Å². The molecular formula is C15H17ClN2O. The smallest absolute Gasteiger partial charge is 0.213 e. The zero-order chi connectivity index (χ0) is 13.9. The van der Waals surface area contributed by atoms with E-state index in [1.165, 1.54) is 0 Å². The fourth-order valence-electron chi connectivity index (χ4n) is 1.55. The van der Waals surface area contributed by atoms with Gasteiger partial charge in [0, 0.05) is 6.07 Å². The number of para-hydroxylation sites is 1. The molecule has 100 valence electrons. The number of ether oxygens (including phenoxy) is 1. The molecule has 0 spiro atoms. The Kier molecular flexibility index (Phi) is 3.96. The molecule has 0 aliphatic rings. The third-order valence-electron chi connectivity index (χ3n) is 2.30. The van der Waals surface area contributed by atoms with Crippen LogP contribution in [-0.2, 0) is 0 Å². The molecule has 1 aromatic carbocycles. The van der Waals surface area contributed by atoms with Crippen LogP contribution in [0.3, 0.4) is 0 Å². The predicted octanol–water partition coefficient (Wildman–Crippen LogP) is 4.66. The third kappa shape index (κ3) is 4.14. The molecule has 0 unspecified atom stereocenters. The normalized spacial score (nSPS) is 11.2. The molecule has 0 radical (unpaired) electrons. The quantitative estimate of drug-likeness (QED) is 0.885. The topological polar surface area (TPSA) is 34.1 Å². The van der Waals surface area contributed by atoms with E-state index >= 15 is 0 Å². The van der Waals surface area contributed by atoms with Gasteiger partial charge in [-0.15, -0.1) is 0 Å². The molecule has 19 heavy (non-hydrogen) atoms. The average Bonchev–Trinajstić information content (AvgIpc) is 2.33. The van der Waals surface area contributed by atoms with Gasteiger partial charge in [-0.05, 0) is 39.0 Å². The molecule has 0 saturated heterocycles. The summed E-state index contributed by atoms with van der Waals surface area (Å²) in [5.74, 6) is 0.609. The minimum absolute atomic E-state index is 0.245. The number of aromatic nitrogens is 1. The number of rotatable bonds is 3. The molecule has 0 bridgehead atoms. The summed E-state index contributed by atoms with van der Waals surface area (Å²) in [4.78, 5) is 4.26. The molecule has 2 rings (SSSR count). The summed E-state index contributed by atoms with van der Waals surface area (Å²) >= 11 is 6.08. The van der Waals surface area contributed by atoms with Crippen molar-refractivity contribution in [1.29, 1.82) is 0 Å². The maximum Gasteiger partial charge on any atom is 0.213 e. The standard InChI is InChI=1S/C15H17ClN2O/c1-15(2,3)19-14-9-8-11(10-17-14)18-13-7-5-4-6-12(13)16/h4-10,18H,1-3H3. The largest absolute Gasteiger partial charge is 0.472 e. The first-order chi connectivity index (χ1) is 8.94. The van der Waals surface area contributed by atoms with E-state index in [1.807, 2.05) is 57.2 Å². The van der Waals surface area contributed by atoms with Crippen LogP contribution in [0.5, 0.6) is 5.88 Å². The van der Waals surface area contributed by atoms with Crippen LogP contribution >= 0.6 is 11.6 Å². The van der Waals surface area contributed by atoms with Gasteiger partial charge in [0.15, 0.2) is 0 Å². The van der Waals surface area contributed by atoms with E-state index in [0.717, 1.165) is 11.4 Å². The summed E-state index contributed by atoms with van der Waals surface area (Å²) in [5, 5.41) is 3.89. The molecule has 1 heterocycles. The SMILES string of the molecule is CC(C)(C)Oc1ccc(Nc2ccccc2Cl)cn1. The Balaban J connectivity index is 2.09. The van der Waals surface area contributed by atoms with Crippen LogP contribution in [0.25, 0.3) is 0 Å². The van der Waals surface area contributed by atoms with Crippen LogP contribution in [0.15, 0.2) is 42.6 Å². The van der Waals surface area contributed by atoms with Gasteiger partial charge >= 0.3 is 0 Å². The van der Waals surface area contributed by atoms with Crippen molar-refractivity contribution >= 4 is 23.0 Å². The van der Waals surface area contributed by atoms with E-state index < -0.39 is 0 Å². The Morgan fingerprint density at radius 3 is 2.42 bits per heavy atom. The molecule has 2 aromatic rings. The molecule has 1 aromatic heterocycles. The number of hydrogen-bond acceptors (Lipinski definition) is 3. The number of nitrogens with zero attached hydrogens (tertiary/aromatic N) is 1. The van der Waals surface area contributed by atoms with Gasteiger partial charge in [-0.25, -0.2) is 4.98 Å². The second-order valence-electron chi connectivity index (χ2n) is 5.20. The maximum absolute atomic E-state index is 6.08. The number of hydrogen-bond donors (Lipinski definition) is 1. The van der Waals surface area contributed by atoms with Crippen LogP contribution in [0.4, 0.5) is 11.4 Å². The Labute approximate surface area is 118 Å². The van der Waals surface area contributed by atoms with Crippen LogP contribution < -0.4 is 10.1 Å². The van der Waals surface area contributed by atoms with Gasteiger partial charge in [0.1, 0.15) is 5.60 Å². The summed E-state index contributed by atoms with van der Waals surface area (Å²) in [6.07, 6.45) is 1.73. The molecule has 0 saturated carbocycles. The average molecular weight is 277 g/mol. The first-order valence-electron chi connectivity index (χ1n) is 6.11. The van der Waals surface area contributed by atoms with Crippen molar-refractivity contribution < 1.29 is 4.74 Å². The molecule has 1 N–H and O–H groups in total. The first-order valence-corrected chi connectivity index (χ1v) is 6.48. The summed E-state index contributed by atoms with van der Waals surface area (Å²) in [7, 11) is 0. The summed E-state index contributed by atoms with van der Waals surface area (Å²) < 4.78 is 5.67. The second-order valence-corrected chi connectivity index (χ2v) is 5.61. The molecule has 0 fully saturated rings. The van der Waals surface area contributed by atoms with Crippen molar-refractivity contribution in [2.24, 2.45) is 0 Å². The highest BCUT2D eigenvalue weighted by molar-refractivity contribution is 6.33. The Hall–Kier alpha value is -1.74. The minimum Gasteiger partial charge on any atom is -0.472 e. The summed E-state index contributed by atoms with van der Waals surface area (Å²) in [6.45, 7) is 5.97. The van der Waals surface area contributed by atoms with Crippen molar-refractivity contribution in [2.75, 3.05) is 5.32 Å². The lowest BCUT2D eigenvalue weighted by Crippen LogP contribution is -2.23. The summed E-state index contributed by atoms with van der Waals surface area (Å²) in [6, 6.07) is 11.3. The zero-order valence-corrected chi connectivity index (χ0v) is 12.0. The minimum atomic E-state index is -0.245. The van der Waals surface area contributed by atoms with Crippen LogP contribution in [0, 0.1) is 0 Å². The maximum atomic E-state index is 6.08. The van der Waals surface area contributed by atoms with Crippen molar-refractivity contribution in [3.05, 3.63) is 47.6 Å². The fraction of sp³-hybridized carbons (Fsp3) is 0.267. The Bertz CT molecular complexity index is 547. The van der Waals surface area contributed by atoms with E-state index in [-0.39, 0.29) is 5.60 Å². The summed E-state index contributed by atoms with van der Waals surface area (Å²) in [5.41, 5.74) is 1.48. The van der Waals surface area contributed by atoms with Gasteiger partial charge in [-0.3, -0.25) is 0 Å². The molecular weight excluding hydrogens is 260 g/mol. The highest BCUT2D eigenvalue weighted by atomic mass is 35.5. The molecule has 0 aliphatic heterocycles. The van der Waals surface area contributed by atoms with E-state index in [1.54, 1.807) is 6.20 Å². The molecule has 0 amide bonds. The third-order valence-corrected chi connectivity index (χ3v) is 2.63. The van der Waals surface area contributed by atoms with E-state index in [2.05, 4.69) is 10.3 Å².